The summed E-state index contributed by atoms with van der Waals surface area (Å²) in [5, 5.41) is 2.63. The minimum absolute atomic E-state index is 0.100. The molecule has 8 heteroatoms. The van der Waals surface area contributed by atoms with E-state index in [9.17, 15) is 13.2 Å². The Kier molecular flexibility index (Phi) is 5.91. The minimum Gasteiger partial charge on any atom is -0.373 e. The van der Waals surface area contributed by atoms with Gasteiger partial charge in [0, 0.05) is 26.2 Å². The molecule has 1 heterocycles. The second-order valence-corrected chi connectivity index (χ2v) is 5.41. The number of hydrogen-bond donors (Lipinski definition) is 1. The van der Waals surface area contributed by atoms with Crippen molar-refractivity contribution in [1.29, 1.82) is 0 Å². The van der Waals surface area contributed by atoms with Crippen LogP contribution in [0.4, 0.5) is 24.8 Å². The van der Waals surface area contributed by atoms with E-state index in [1.54, 1.807) is 23.7 Å². The summed E-state index contributed by atoms with van der Waals surface area (Å²) in [6.45, 7) is 1.96. The lowest BCUT2D eigenvalue weighted by Gasteiger charge is -2.26. The van der Waals surface area contributed by atoms with Gasteiger partial charge in [-0.1, -0.05) is 0 Å². The van der Waals surface area contributed by atoms with Crippen molar-refractivity contribution in [3.8, 4) is 0 Å². The summed E-state index contributed by atoms with van der Waals surface area (Å²) in [6, 6.07) is 1.62. The maximum atomic E-state index is 12.8. The molecule has 0 aromatic carbocycles. The second kappa shape index (κ2) is 7.01. The highest BCUT2D eigenvalue weighted by Crippen LogP contribution is 2.29. The average Bonchev–Trinajstić information content (AvgIpc) is 2.42. The summed E-state index contributed by atoms with van der Waals surface area (Å²) in [7, 11) is 3.27. The molecule has 0 radical (unpaired) electrons. The topological polar surface area (TPSA) is 41.0 Å². The lowest BCUT2D eigenvalue weighted by atomic mass is 10.2. The highest BCUT2D eigenvalue weighted by Gasteiger charge is 2.35. The molecule has 4 nitrogen and oxygen atoms in total. The number of thioether (sulfide) groups is 1. The van der Waals surface area contributed by atoms with E-state index in [1.807, 2.05) is 13.2 Å². The molecule has 0 fully saturated rings. The number of halogens is 3. The molecule has 0 amide bonds. The predicted molar refractivity (Wildman–Crippen MR) is 77.4 cm³/mol. The van der Waals surface area contributed by atoms with Crippen molar-refractivity contribution >= 4 is 23.4 Å². The number of rotatable bonds is 6. The summed E-state index contributed by atoms with van der Waals surface area (Å²) in [6.07, 6.45) is -1.68. The first-order valence-electron chi connectivity index (χ1n) is 6.15. The molecule has 1 rings (SSSR count). The summed E-state index contributed by atoms with van der Waals surface area (Å²) in [4.78, 5) is 8.82. The normalized spacial score (nSPS) is 13.2. The van der Waals surface area contributed by atoms with Crippen LogP contribution in [0.25, 0.3) is 0 Å². The highest BCUT2D eigenvalue weighted by atomic mass is 32.2. The molecule has 1 aromatic rings. The lowest BCUT2D eigenvalue weighted by Crippen LogP contribution is -2.31. The van der Waals surface area contributed by atoms with Crippen LogP contribution in [-0.4, -0.2) is 42.1 Å². The third-order valence-electron chi connectivity index (χ3n) is 2.98. The number of aromatic nitrogens is 2. The van der Waals surface area contributed by atoms with Crippen molar-refractivity contribution in [3.63, 3.8) is 0 Å². The fourth-order valence-electron chi connectivity index (χ4n) is 1.58. The quantitative estimate of drug-likeness (QED) is 0.874. The molecular formula is C12H19F3N4S. The Labute approximate surface area is 121 Å². The minimum atomic E-state index is -4.55. The van der Waals surface area contributed by atoms with E-state index in [0.717, 1.165) is 12.2 Å². The number of nitrogens with zero attached hydrogens (tertiary/aromatic N) is 3. The molecule has 1 atom stereocenters. The fraction of sp³-hybridized carbons (Fsp3) is 0.667. The second-order valence-electron chi connectivity index (χ2n) is 4.42. The third kappa shape index (κ3) is 4.43. The van der Waals surface area contributed by atoms with Gasteiger partial charge in [0.05, 0.1) is 0 Å². The van der Waals surface area contributed by atoms with Crippen LogP contribution in [0.15, 0.2) is 6.07 Å². The van der Waals surface area contributed by atoms with Crippen molar-refractivity contribution < 1.29 is 13.2 Å². The monoisotopic (exact) mass is 308 g/mol. The standard InChI is InChI=1S/C12H19F3N4S/c1-8(5-6-20-4)19(3)10-7-9(16-2)17-11(18-10)12(13,14)15/h7-8H,5-6H2,1-4H3,(H,16,17,18). The molecular weight excluding hydrogens is 289 g/mol. The summed E-state index contributed by atoms with van der Waals surface area (Å²) >= 11 is 1.71. The van der Waals surface area contributed by atoms with E-state index < -0.39 is 12.0 Å². The fourth-order valence-corrected chi connectivity index (χ4v) is 2.15. The lowest BCUT2D eigenvalue weighted by molar-refractivity contribution is -0.144. The zero-order valence-corrected chi connectivity index (χ0v) is 12.8. The predicted octanol–water partition coefficient (Wildman–Crippen LogP) is 3.11. The Hall–Kier alpha value is -1.18. The zero-order valence-electron chi connectivity index (χ0n) is 12.0. The average molecular weight is 308 g/mol. The molecule has 0 bridgehead atoms. The van der Waals surface area contributed by atoms with Gasteiger partial charge in [0.15, 0.2) is 0 Å². The Bertz CT molecular complexity index is 439. The van der Waals surface area contributed by atoms with Gasteiger partial charge >= 0.3 is 6.18 Å². The maximum absolute atomic E-state index is 12.8. The van der Waals surface area contributed by atoms with Crippen LogP contribution in [0.3, 0.4) is 0 Å². The molecule has 0 aliphatic heterocycles. The van der Waals surface area contributed by atoms with Gasteiger partial charge in [-0.05, 0) is 25.4 Å². The Morgan fingerprint density at radius 2 is 2.05 bits per heavy atom. The molecule has 1 unspecified atom stereocenters. The van der Waals surface area contributed by atoms with Crippen molar-refractivity contribution in [2.75, 3.05) is 36.3 Å². The van der Waals surface area contributed by atoms with Crippen molar-refractivity contribution in [3.05, 3.63) is 11.9 Å². The van der Waals surface area contributed by atoms with Gasteiger partial charge < -0.3 is 10.2 Å². The van der Waals surface area contributed by atoms with E-state index in [2.05, 4.69) is 15.3 Å². The first-order chi connectivity index (χ1) is 9.29. The first kappa shape index (κ1) is 16.9. The molecule has 0 saturated heterocycles. The number of anilines is 2. The van der Waals surface area contributed by atoms with E-state index in [1.165, 1.54) is 13.1 Å². The molecule has 1 aromatic heterocycles. The highest BCUT2D eigenvalue weighted by molar-refractivity contribution is 7.98. The van der Waals surface area contributed by atoms with E-state index in [-0.39, 0.29) is 17.7 Å². The molecule has 0 aliphatic carbocycles. The zero-order chi connectivity index (χ0) is 15.3. The van der Waals surface area contributed by atoms with E-state index in [0.29, 0.717) is 0 Å². The molecule has 20 heavy (non-hydrogen) atoms. The summed E-state index contributed by atoms with van der Waals surface area (Å²) in [5.41, 5.74) is 0. The molecule has 114 valence electrons. The van der Waals surface area contributed by atoms with Gasteiger partial charge in [-0.2, -0.15) is 24.9 Å². The largest absolute Gasteiger partial charge is 0.451 e. The van der Waals surface area contributed by atoms with Gasteiger partial charge in [-0.3, -0.25) is 0 Å². The Balaban J connectivity index is 3.04. The SMILES string of the molecule is CNc1cc(N(C)C(C)CCSC)nc(C(F)(F)F)n1. The Morgan fingerprint density at radius 3 is 2.55 bits per heavy atom. The van der Waals surface area contributed by atoms with E-state index >= 15 is 0 Å². The van der Waals surface area contributed by atoms with Gasteiger partial charge in [-0.25, -0.2) is 9.97 Å². The van der Waals surface area contributed by atoms with Crippen LogP contribution in [0.5, 0.6) is 0 Å². The summed E-state index contributed by atoms with van der Waals surface area (Å²) < 4.78 is 38.3. The maximum Gasteiger partial charge on any atom is 0.451 e. The van der Waals surface area contributed by atoms with Gasteiger partial charge in [0.2, 0.25) is 5.82 Å². The molecule has 0 aliphatic rings. The number of hydrogen-bond acceptors (Lipinski definition) is 5. The van der Waals surface area contributed by atoms with Crippen LogP contribution in [0.2, 0.25) is 0 Å². The third-order valence-corrected chi connectivity index (χ3v) is 3.63. The molecule has 0 saturated carbocycles. The van der Waals surface area contributed by atoms with Crippen LogP contribution >= 0.6 is 11.8 Å². The summed E-state index contributed by atoms with van der Waals surface area (Å²) in [5.74, 6) is 0.251. The van der Waals surface area contributed by atoms with Crippen molar-refractivity contribution in [2.45, 2.75) is 25.6 Å². The molecule has 1 N–H and O–H groups in total. The van der Waals surface area contributed by atoms with Crippen LogP contribution in [-0.2, 0) is 6.18 Å². The van der Waals surface area contributed by atoms with E-state index in [4.69, 9.17) is 0 Å². The van der Waals surface area contributed by atoms with Crippen molar-refractivity contribution in [1.82, 2.24) is 9.97 Å². The number of alkyl halides is 3. The smallest absolute Gasteiger partial charge is 0.373 e. The number of nitrogens with one attached hydrogen (secondary N) is 1. The first-order valence-corrected chi connectivity index (χ1v) is 7.54. The van der Waals surface area contributed by atoms with Gasteiger partial charge in [-0.15, -0.1) is 0 Å². The van der Waals surface area contributed by atoms with Crippen LogP contribution in [0.1, 0.15) is 19.2 Å². The van der Waals surface area contributed by atoms with Gasteiger partial charge in [0.25, 0.3) is 0 Å². The molecule has 0 spiro atoms. The van der Waals surface area contributed by atoms with Crippen LogP contribution < -0.4 is 10.2 Å². The Morgan fingerprint density at radius 1 is 1.40 bits per heavy atom. The van der Waals surface area contributed by atoms with Gasteiger partial charge in [0.1, 0.15) is 11.6 Å². The van der Waals surface area contributed by atoms with Crippen molar-refractivity contribution in [2.24, 2.45) is 0 Å². The van der Waals surface area contributed by atoms with Crippen LogP contribution in [0, 0.1) is 0 Å².